The molecule has 3 heteroatoms. The van der Waals surface area contributed by atoms with E-state index in [4.69, 9.17) is 4.52 Å². The highest BCUT2D eigenvalue weighted by molar-refractivity contribution is 5.23. The van der Waals surface area contributed by atoms with Gasteiger partial charge in [0, 0.05) is 18.2 Å². The monoisotopic (exact) mass is 222 g/mol. The first-order valence-electron chi connectivity index (χ1n) is 5.93. The molecule has 0 aliphatic heterocycles. The van der Waals surface area contributed by atoms with E-state index in [9.17, 15) is 0 Å². The lowest BCUT2D eigenvalue weighted by molar-refractivity contribution is 0.391. The largest absolute Gasteiger partial charge is 0.361 e. The summed E-state index contributed by atoms with van der Waals surface area (Å²) in [5.41, 5.74) is 2.97. The summed E-state index contributed by atoms with van der Waals surface area (Å²) in [6, 6.07) is 0.577. The second kappa shape index (κ2) is 3.33. The van der Waals surface area contributed by atoms with Crippen molar-refractivity contribution in [2.45, 2.75) is 54.1 Å². The molecule has 0 spiro atoms. The van der Waals surface area contributed by atoms with Gasteiger partial charge in [0.2, 0.25) is 0 Å². The van der Waals surface area contributed by atoms with Crippen LogP contribution in [0.4, 0.5) is 0 Å². The van der Waals surface area contributed by atoms with Crippen molar-refractivity contribution in [3.8, 4) is 0 Å². The highest BCUT2D eigenvalue weighted by Crippen LogP contribution is 2.62. The molecular formula is C13H22N2O. The van der Waals surface area contributed by atoms with Crippen LogP contribution in [0.25, 0.3) is 0 Å². The van der Waals surface area contributed by atoms with Gasteiger partial charge in [-0.3, -0.25) is 0 Å². The Bertz CT molecular complexity index is 371. The fourth-order valence-corrected chi connectivity index (χ4v) is 2.67. The van der Waals surface area contributed by atoms with E-state index in [1.54, 1.807) is 0 Å². The molecule has 1 aliphatic carbocycles. The van der Waals surface area contributed by atoms with E-state index < -0.39 is 0 Å². The highest BCUT2D eigenvalue weighted by atomic mass is 16.5. The minimum atomic E-state index is 0.381. The molecule has 1 aliphatic rings. The van der Waals surface area contributed by atoms with Crippen molar-refractivity contribution in [2.24, 2.45) is 10.8 Å². The Morgan fingerprint density at radius 2 is 1.75 bits per heavy atom. The predicted octanol–water partition coefficient (Wildman–Crippen LogP) is 2.82. The number of rotatable bonds is 3. The molecule has 0 radical (unpaired) electrons. The summed E-state index contributed by atoms with van der Waals surface area (Å²) < 4.78 is 5.16. The summed E-state index contributed by atoms with van der Waals surface area (Å²) in [6.07, 6.45) is 0. The van der Waals surface area contributed by atoms with Crippen LogP contribution in [-0.4, -0.2) is 11.2 Å². The molecule has 1 N–H and O–H groups in total. The molecule has 90 valence electrons. The zero-order valence-electron chi connectivity index (χ0n) is 11.1. The first-order valence-corrected chi connectivity index (χ1v) is 5.93. The van der Waals surface area contributed by atoms with E-state index >= 15 is 0 Å². The van der Waals surface area contributed by atoms with Crippen LogP contribution in [0.3, 0.4) is 0 Å². The van der Waals surface area contributed by atoms with Gasteiger partial charge in [-0.25, -0.2) is 0 Å². The maximum absolute atomic E-state index is 5.16. The van der Waals surface area contributed by atoms with Crippen LogP contribution in [0.15, 0.2) is 4.52 Å². The molecule has 0 unspecified atom stereocenters. The maximum Gasteiger partial charge on any atom is 0.138 e. The average Bonchev–Trinajstić information content (AvgIpc) is 2.43. The number of hydrogen-bond donors (Lipinski definition) is 1. The summed E-state index contributed by atoms with van der Waals surface area (Å²) in [5, 5.41) is 7.59. The quantitative estimate of drug-likeness (QED) is 0.854. The molecule has 0 amide bonds. The van der Waals surface area contributed by atoms with Crippen molar-refractivity contribution < 1.29 is 4.52 Å². The lowest BCUT2D eigenvalue weighted by atomic mass is 10.0. The molecule has 1 saturated carbocycles. The number of hydrogen-bond acceptors (Lipinski definition) is 3. The summed E-state index contributed by atoms with van der Waals surface area (Å²) in [6.45, 7) is 14.1. The average molecular weight is 222 g/mol. The maximum atomic E-state index is 5.16. The van der Waals surface area contributed by atoms with Gasteiger partial charge < -0.3 is 9.84 Å². The van der Waals surface area contributed by atoms with Crippen molar-refractivity contribution in [3.05, 3.63) is 17.0 Å². The Morgan fingerprint density at radius 1 is 1.19 bits per heavy atom. The zero-order valence-corrected chi connectivity index (χ0v) is 11.1. The Kier molecular flexibility index (Phi) is 2.42. The Labute approximate surface area is 97.6 Å². The van der Waals surface area contributed by atoms with Crippen LogP contribution in [0.5, 0.6) is 0 Å². The molecule has 0 saturated heterocycles. The highest BCUT2D eigenvalue weighted by Gasteiger charge is 2.64. The molecule has 3 nitrogen and oxygen atoms in total. The van der Waals surface area contributed by atoms with Gasteiger partial charge in [-0.1, -0.05) is 32.9 Å². The van der Waals surface area contributed by atoms with Gasteiger partial charge in [0.25, 0.3) is 0 Å². The summed E-state index contributed by atoms with van der Waals surface area (Å²) in [7, 11) is 0. The predicted molar refractivity (Wildman–Crippen MR) is 64.2 cm³/mol. The van der Waals surface area contributed by atoms with Gasteiger partial charge in [0.05, 0.1) is 5.69 Å². The first kappa shape index (κ1) is 11.6. The van der Waals surface area contributed by atoms with E-state index in [1.165, 1.54) is 5.56 Å². The SMILES string of the molecule is Cc1noc(C)c1CNC1C(C)(C)C1(C)C. The van der Waals surface area contributed by atoms with Gasteiger partial charge in [-0.05, 0) is 24.7 Å². The third kappa shape index (κ3) is 1.49. The van der Waals surface area contributed by atoms with E-state index in [1.807, 2.05) is 13.8 Å². The third-order valence-electron chi connectivity index (χ3n) is 4.68. The molecule has 1 aromatic rings. The Hall–Kier alpha value is -0.830. The normalized spacial score (nSPS) is 22.4. The van der Waals surface area contributed by atoms with E-state index in [2.05, 4.69) is 38.2 Å². The second-order valence-electron chi connectivity index (χ2n) is 6.06. The van der Waals surface area contributed by atoms with Gasteiger partial charge in [0.15, 0.2) is 0 Å². The number of aromatic nitrogens is 1. The fourth-order valence-electron chi connectivity index (χ4n) is 2.67. The van der Waals surface area contributed by atoms with Gasteiger partial charge in [0.1, 0.15) is 5.76 Å². The van der Waals surface area contributed by atoms with Crippen LogP contribution in [0, 0.1) is 24.7 Å². The molecule has 1 aromatic heterocycles. The van der Waals surface area contributed by atoms with Crippen LogP contribution in [0.1, 0.15) is 44.7 Å². The molecule has 16 heavy (non-hydrogen) atoms. The van der Waals surface area contributed by atoms with Crippen LogP contribution in [-0.2, 0) is 6.54 Å². The summed E-state index contributed by atoms with van der Waals surface area (Å²) in [5.74, 6) is 0.932. The molecule has 0 bridgehead atoms. The standard InChI is InChI=1S/C13H22N2O/c1-8-10(9(2)16-15-8)7-14-11-12(3,4)13(11,5)6/h11,14H,7H2,1-6H3. The zero-order chi connectivity index (χ0) is 12.1. The van der Waals surface area contributed by atoms with Gasteiger partial charge in [-0.15, -0.1) is 0 Å². The smallest absolute Gasteiger partial charge is 0.138 e. The summed E-state index contributed by atoms with van der Waals surface area (Å²) in [4.78, 5) is 0. The lowest BCUT2D eigenvalue weighted by Crippen LogP contribution is -2.22. The second-order valence-corrected chi connectivity index (χ2v) is 6.06. The van der Waals surface area contributed by atoms with E-state index in [-0.39, 0.29) is 0 Å². The molecule has 1 heterocycles. The molecule has 0 aromatic carbocycles. The summed E-state index contributed by atoms with van der Waals surface area (Å²) >= 11 is 0. The third-order valence-corrected chi connectivity index (χ3v) is 4.68. The fraction of sp³-hybridized carbons (Fsp3) is 0.769. The van der Waals surface area contributed by atoms with Crippen molar-refractivity contribution in [1.29, 1.82) is 0 Å². The lowest BCUT2D eigenvalue weighted by Gasteiger charge is -2.05. The molecule has 1 fully saturated rings. The van der Waals surface area contributed by atoms with Gasteiger partial charge in [-0.2, -0.15) is 0 Å². The topological polar surface area (TPSA) is 38.1 Å². The Morgan fingerprint density at radius 3 is 2.12 bits per heavy atom. The number of aryl methyl sites for hydroxylation is 2. The van der Waals surface area contributed by atoms with Gasteiger partial charge >= 0.3 is 0 Å². The first-order chi connectivity index (χ1) is 7.28. The van der Waals surface area contributed by atoms with Crippen molar-refractivity contribution >= 4 is 0 Å². The molecular weight excluding hydrogens is 200 g/mol. The molecule has 0 atom stereocenters. The molecule has 2 rings (SSSR count). The van der Waals surface area contributed by atoms with Crippen molar-refractivity contribution in [3.63, 3.8) is 0 Å². The van der Waals surface area contributed by atoms with Crippen molar-refractivity contribution in [1.82, 2.24) is 10.5 Å². The number of nitrogens with one attached hydrogen (secondary N) is 1. The number of nitrogens with zero attached hydrogens (tertiary/aromatic N) is 1. The van der Waals surface area contributed by atoms with Crippen molar-refractivity contribution in [2.75, 3.05) is 0 Å². The van der Waals surface area contributed by atoms with Crippen LogP contribution >= 0.6 is 0 Å². The van der Waals surface area contributed by atoms with Crippen LogP contribution < -0.4 is 5.32 Å². The Balaban J connectivity index is 2.00. The minimum Gasteiger partial charge on any atom is -0.361 e. The van der Waals surface area contributed by atoms with E-state index in [0.29, 0.717) is 16.9 Å². The minimum absolute atomic E-state index is 0.381. The van der Waals surface area contributed by atoms with E-state index in [0.717, 1.165) is 18.0 Å². The van der Waals surface area contributed by atoms with Crippen LogP contribution in [0.2, 0.25) is 0 Å².